The van der Waals surface area contributed by atoms with Gasteiger partial charge in [0.15, 0.2) is 0 Å². The first-order valence-corrected chi connectivity index (χ1v) is 7.97. The van der Waals surface area contributed by atoms with Gasteiger partial charge in [-0.3, -0.25) is 4.79 Å². The number of rotatable bonds is 4. The van der Waals surface area contributed by atoms with E-state index in [0.717, 1.165) is 18.7 Å². The van der Waals surface area contributed by atoms with Crippen molar-refractivity contribution in [1.82, 2.24) is 5.32 Å². The van der Waals surface area contributed by atoms with Gasteiger partial charge in [-0.15, -0.1) is 0 Å². The summed E-state index contributed by atoms with van der Waals surface area (Å²) in [6.07, 6.45) is 0.547. The van der Waals surface area contributed by atoms with Gasteiger partial charge in [-0.25, -0.2) is 8.78 Å². The predicted octanol–water partition coefficient (Wildman–Crippen LogP) is 3.33. The van der Waals surface area contributed by atoms with Crippen molar-refractivity contribution in [3.63, 3.8) is 0 Å². The van der Waals surface area contributed by atoms with Crippen molar-refractivity contribution in [2.75, 3.05) is 24.5 Å². The Morgan fingerprint density at radius 1 is 1.36 bits per heavy atom. The molecule has 6 heteroatoms. The van der Waals surface area contributed by atoms with Gasteiger partial charge >= 0.3 is 0 Å². The highest BCUT2D eigenvalue weighted by Crippen LogP contribution is 2.41. The maximum absolute atomic E-state index is 12.8. The molecule has 1 aromatic carbocycles. The number of halogens is 3. The Bertz CT molecular complexity index is 559. The number of hydrogen-bond acceptors (Lipinski definition) is 2. The summed E-state index contributed by atoms with van der Waals surface area (Å²) in [4.78, 5) is 14.3. The summed E-state index contributed by atoms with van der Waals surface area (Å²) in [5.41, 5.74) is 0.943. The number of alkyl halides is 2. The molecule has 1 amide bonds. The van der Waals surface area contributed by atoms with Crippen LogP contribution in [-0.4, -0.2) is 31.5 Å². The zero-order valence-electron chi connectivity index (χ0n) is 12.2. The van der Waals surface area contributed by atoms with Gasteiger partial charge in [0.05, 0.1) is 16.6 Å². The minimum absolute atomic E-state index is 0.0373. The maximum atomic E-state index is 12.8. The molecular formula is C16H19ClF2N2O. The molecule has 22 heavy (non-hydrogen) atoms. The van der Waals surface area contributed by atoms with E-state index in [2.05, 4.69) is 10.2 Å². The van der Waals surface area contributed by atoms with Gasteiger partial charge in [0.2, 0.25) is 11.8 Å². The first-order valence-electron chi connectivity index (χ1n) is 7.60. The summed E-state index contributed by atoms with van der Waals surface area (Å²) in [6, 6.07) is 7.58. The highest BCUT2D eigenvalue weighted by molar-refractivity contribution is 6.33. The van der Waals surface area contributed by atoms with E-state index in [4.69, 9.17) is 11.6 Å². The molecule has 1 heterocycles. The van der Waals surface area contributed by atoms with Gasteiger partial charge in [0, 0.05) is 32.5 Å². The fraction of sp³-hybridized carbons (Fsp3) is 0.562. The first kappa shape index (κ1) is 15.5. The Morgan fingerprint density at radius 3 is 2.77 bits per heavy atom. The number of para-hydroxylation sites is 1. The molecule has 1 unspecified atom stereocenters. The number of hydrogen-bond donors (Lipinski definition) is 1. The van der Waals surface area contributed by atoms with E-state index in [1.165, 1.54) is 0 Å². The molecule has 1 aliphatic heterocycles. The standard InChI is InChI=1S/C16H19ClF2N2O/c17-13-3-1-2-4-14(13)21-6-5-12(10-21)15(22)20-9-11-7-16(18,19)8-11/h1-4,11-12H,5-10H2,(H,20,22). The maximum Gasteiger partial charge on any atom is 0.248 e. The lowest BCUT2D eigenvalue weighted by molar-refractivity contribution is -0.128. The molecule has 1 saturated carbocycles. The fourth-order valence-electron chi connectivity index (χ4n) is 3.22. The molecule has 0 bridgehead atoms. The molecule has 1 N–H and O–H groups in total. The molecule has 2 fully saturated rings. The second-order valence-electron chi connectivity index (χ2n) is 6.26. The summed E-state index contributed by atoms with van der Waals surface area (Å²) >= 11 is 6.17. The molecule has 120 valence electrons. The number of nitrogens with one attached hydrogen (secondary N) is 1. The Kier molecular flexibility index (Phi) is 4.26. The lowest BCUT2D eigenvalue weighted by atomic mass is 9.81. The van der Waals surface area contributed by atoms with E-state index in [1.807, 2.05) is 24.3 Å². The number of benzene rings is 1. The fourth-order valence-corrected chi connectivity index (χ4v) is 3.48. The van der Waals surface area contributed by atoms with Crippen LogP contribution in [0.2, 0.25) is 5.02 Å². The van der Waals surface area contributed by atoms with Crippen molar-refractivity contribution in [3.8, 4) is 0 Å². The van der Waals surface area contributed by atoms with E-state index in [-0.39, 0.29) is 30.6 Å². The highest BCUT2D eigenvalue weighted by Gasteiger charge is 2.45. The Balaban J connectivity index is 1.48. The normalized spacial score (nSPS) is 24.1. The quantitative estimate of drug-likeness (QED) is 0.919. The second kappa shape index (κ2) is 6.03. The molecule has 3 rings (SSSR count). The van der Waals surface area contributed by atoms with E-state index in [9.17, 15) is 13.6 Å². The van der Waals surface area contributed by atoms with Crippen molar-refractivity contribution in [1.29, 1.82) is 0 Å². The smallest absolute Gasteiger partial charge is 0.248 e. The minimum Gasteiger partial charge on any atom is -0.370 e. The molecule has 0 spiro atoms. The molecular weight excluding hydrogens is 310 g/mol. The van der Waals surface area contributed by atoms with Crippen LogP contribution in [-0.2, 0) is 4.79 Å². The van der Waals surface area contributed by atoms with Gasteiger partial charge < -0.3 is 10.2 Å². The van der Waals surface area contributed by atoms with Crippen molar-refractivity contribution in [2.24, 2.45) is 11.8 Å². The van der Waals surface area contributed by atoms with Gasteiger partial charge in [-0.1, -0.05) is 23.7 Å². The van der Waals surface area contributed by atoms with Crippen molar-refractivity contribution >= 4 is 23.2 Å². The molecule has 0 radical (unpaired) electrons. The van der Waals surface area contributed by atoms with E-state index in [0.29, 0.717) is 18.1 Å². The average molecular weight is 329 g/mol. The van der Waals surface area contributed by atoms with Crippen molar-refractivity contribution in [3.05, 3.63) is 29.3 Å². The highest BCUT2D eigenvalue weighted by atomic mass is 35.5. The Hall–Kier alpha value is -1.36. The van der Waals surface area contributed by atoms with Gasteiger partial charge in [0.1, 0.15) is 0 Å². The third-order valence-corrected chi connectivity index (χ3v) is 4.81. The summed E-state index contributed by atoms with van der Waals surface area (Å²) in [5.74, 6) is -2.74. The summed E-state index contributed by atoms with van der Waals surface area (Å²) in [5, 5.41) is 3.50. The molecule has 2 aliphatic rings. The minimum atomic E-state index is -2.52. The van der Waals surface area contributed by atoms with Crippen LogP contribution in [0.1, 0.15) is 19.3 Å². The number of amides is 1. The predicted molar refractivity (Wildman–Crippen MR) is 82.5 cm³/mol. The van der Waals surface area contributed by atoms with Crippen LogP contribution in [0.25, 0.3) is 0 Å². The van der Waals surface area contributed by atoms with Crippen LogP contribution in [0.4, 0.5) is 14.5 Å². The molecule has 1 saturated heterocycles. The number of carbonyl (C=O) groups excluding carboxylic acids is 1. The van der Waals surface area contributed by atoms with Gasteiger partial charge in [-0.05, 0) is 24.5 Å². The monoisotopic (exact) mass is 328 g/mol. The van der Waals surface area contributed by atoms with Crippen LogP contribution in [0.5, 0.6) is 0 Å². The van der Waals surface area contributed by atoms with Crippen LogP contribution in [0.15, 0.2) is 24.3 Å². The lowest BCUT2D eigenvalue weighted by Crippen LogP contribution is -2.44. The number of carbonyl (C=O) groups is 1. The second-order valence-corrected chi connectivity index (χ2v) is 6.67. The van der Waals surface area contributed by atoms with Crippen LogP contribution >= 0.6 is 11.6 Å². The van der Waals surface area contributed by atoms with Crippen LogP contribution in [0, 0.1) is 11.8 Å². The van der Waals surface area contributed by atoms with E-state index in [1.54, 1.807) is 0 Å². The number of anilines is 1. The first-order chi connectivity index (χ1) is 10.4. The Labute approximate surface area is 133 Å². The number of nitrogens with zero attached hydrogens (tertiary/aromatic N) is 1. The van der Waals surface area contributed by atoms with Crippen molar-refractivity contribution < 1.29 is 13.6 Å². The van der Waals surface area contributed by atoms with Crippen LogP contribution < -0.4 is 10.2 Å². The molecule has 1 aliphatic carbocycles. The topological polar surface area (TPSA) is 32.3 Å². The van der Waals surface area contributed by atoms with Crippen LogP contribution in [0.3, 0.4) is 0 Å². The molecule has 3 nitrogen and oxygen atoms in total. The molecule has 1 atom stereocenters. The van der Waals surface area contributed by atoms with Crippen molar-refractivity contribution in [2.45, 2.75) is 25.2 Å². The summed E-state index contributed by atoms with van der Waals surface area (Å²) in [7, 11) is 0. The van der Waals surface area contributed by atoms with Gasteiger partial charge in [-0.2, -0.15) is 0 Å². The molecule has 0 aromatic heterocycles. The van der Waals surface area contributed by atoms with E-state index < -0.39 is 5.92 Å². The molecule has 1 aromatic rings. The average Bonchev–Trinajstić information content (AvgIpc) is 2.92. The Morgan fingerprint density at radius 2 is 2.09 bits per heavy atom. The van der Waals surface area contributed by atoms with Gasteiger partial charge in [0.25, 0.3) is 0 Å². The zero-order chi connectivity index (χ0) is 15.7. The largest absolute Gasteiger partial charge is 0.370 e. The van der Waals surface area contributed by atoms with E-state index >= 15 is 0 Å². The summed E-state index contributed by atoms with van der Waals surface area (Å²) < 4.78 is 25.5. The zero-order valence-corrected chi connectivity index (χ0v) is 13.0. The third-order valence-electron chi connectivity index (χ3n) is 4.49. The SMILES string of the molecule is O=C(NCC1CC(F)(F)C1)C1CCN(c2ccccc2Cl)C1. The lowest BCUT2D eigenvalue weighted by Gasteiger charge is -2.35. The summed E-state index contributed by atoms with van der Waals surface area (Å²) in [6.45, 7) is 1.76. The third kappa shape index (κ3) is 3.35.